The van der Waals surface area contributed by atoms with Crippen LogP contribution in [0.25, 0.3) is 22.0 Å². The summed E-state index contributed by atoms with van der Waals surface area (Å²) in [5.41, 5.74) is 15.0. The van der Waals surface area contributed by atoms with Crippen molar-refractivity contribution in [2.75, 3.05) is 17.6 Å². The van der Waals surface area contributed by atoms with Gasteiger partial charge in [-0.15, -0.1) is 5.10 Å². The van der Waals surface area contributed by atoms with E-state index in [0.717, 1.165) is 15.8 Å². The summed E-state index contributed by atoms with van der Waals surface area (Å²) in [4.78, 5) is 48.0. The van der Waals surface area contributed by atoms with E-state index >= 15 is 0 Å². The number of nitrogens with zero attached hydrogens (tertiary/aromatic N) is 2. The molecule has 0 bridgehead atoms. The number of nitrogens with one attached hydrogen (secondary N) is 2. The van der Waals surface area contributed by atoms with Crippen molar-refractivity contribution in [1.29, 1.82) is 0 Å². The van der Waals surface area contributed by atoms with Crippen molar-refractivity contribution in [2.45, 2.75) is 25.8 Å². The standard InChI is InChI=1S/C28H27FN6O5/c1-15-5-10-20(29)17(11-15)12-24(37)33-18-8-6-16(7-9-18)19-3-2-4-22-26(19)27(31)34-35(22)25(38)14-32-23(36)13-21(30)28(39)40/h2-11,21H,12-14,30H2,1H3,(H2,31,34)(H,32,36)(H,33,37)(H,39,40)/t21-/m0/s1. The summed E-state index contributed by atoms with van der Waals surface area (Å²) in [7, 11) is 0. The molecule has 0 aliphatic heterocycles. The smallest absolute Gasteiger partial charge is 0.321 e. The highest BCUT2D eigenvalue weighted by Gasteiger charge is 2.20. The number of nitrogens with two attached hydrogens (primary N) is 2. The molecule has 12 heteroatoms. The van der Waals surface area contributed by atoms with E-state index in [0.29, 0.717) is 27.7 Å². The molecule has 0 spiro atoms. The number of carbonyl (C=O) groups is 4. The van der Waals surface area contributed by atoms with E-state index in [1.807, 2.05) is 6.92 Å². The molecule has 0 aliphatic carbocycles. The molecule has 4 rings (SSSR count). The van der Waals surface area contributed by atoms with Gasteiger partial charge in [0.1, 0.15) is 11.9 Å². The SMILES string of the molecule is Cc1ccc(F)c(CC(=O)Nc2ccc(-c3cccc4c3c(N)nn4C(=O)CNC(=O)C[C@H](N)C(=O)O)cc2)c1. The number of carbonyl (C=O) groups excluding carboxylic acids is 3. The van der Waals surface area contributed by atoms with Crippen molar-refractivity contribution in [3.05, 3.63) is 77.6 Å². The zero-order chi connectivity index (χ0) is 29.0. The van der Waals surface area contributed by atoms with E-state index in [9.17, 15) is 23.6 Å². The molecular weight excluding hydrogens is 519 g/mol. The summed E-state index contributed by atoms with van der Waals surface area (Å²) in [5.74, 6) is -3.31. The molecular formula is C28H27FN6O5. The molecule has 0 aliphatic rings. The third-order valence-corrected chi connectivity index (χ3v) is 6.16. The highest BCUT2D eigenvalue weighted by atomic mass is 19.1. The number of fused-ring (bicyclic) bond motifs is 1. The van der Waals surface area contributed by atoms with Crippen molar-refractivity contribution < 1.29 is 28.7 Å². The number of hydrogen-bond acceptors (Lipinski definition) is 7. The Hall–Kier alpha value is -5.10. The molecule has 0 radical (unpaired) electrons. The molecule has 0 saturated heterocycles. The lowest BCUT2D eigenvalue weighted by atomic mass is 10.0. The minimum absolute atomic E-state index is 0.0933. The highest BCUT2D eigenvalue weighted by Crippen LogP contribution is 2.33. The van der Waals surface area contributed by atoms with E-state index in [-0.39, 0.29) is 18.1 Å². The topological polar surface area (TPSA) is 182 Å². The number of hydrogen-bond donors (Lipinski definition) is 5. The van der Waals surface area contributed by atoms with Crippen LogP contribution in [0.15, 0.2) is 60.7 Å². The van der Waals surface area contributed by atoms with Crippen LogP contribution in [0.5, 0.6) is 0 Å². The number of amides is 2. The fourth-order valence-corrected chi connectivity index (χ4v) is 4.19. The molecule has 1 atom stereocenters. The highest BCUT2D eigenvalue weighted by molar-refractivity contribution is 6.06. The fraction of sp³-hybridized carbons (Fsp3) is 0.179. The second-order valence-electron chi connectivity index (χ2n) is 9.21. The van der Waals surface area contributed by atoms with E-state index in [4.69, 9.17) is 16.6 Å². The number of anilines is 2. The van der Waals surface area contributed by atoms with Crippen LogP contribution < -0.4 is 22.1 Å². The van der Waals surface area contributed by atoms with Gasteiger partial charge < -0.3 is 27.2 Å². The number of carboxylic acid groups (broad SMARTS) is 1. The number of aliphatic carboxylic acids is 1. The Labute approximate surface area is 228 Å². The van der Waals surface area contributed by atoms with Gasteiger partial charge in [0.15, 0.2) is 5.82 Å². The average Bonchev–Trinajstić information content (AvgIpc) is 3.26. The van der Waals surface area contributed by atoms with Crippen LogP contribution in [0.3, 0.4) is 0 Å². The van der Waals surface area contributed by atoms with Crippen LogP contribution >= 0.6 is 0 Å². The number of halogens is 1. The predicted octanol–water partition coefficient (Wildman–Crippen LogP) is 2.47. The lowest BCUT2D eigenvalue weighted by Crippen LogP contribution is -2.39. The zero-order valence-electron chi connectivity index (χ0n) is 21.5. The van der Waals surface area contributed by atoms with Gasteiger partial charge in [0, 0.05) is 5.69 Å². The Morgan fingerprint density at radius 2 is 1.77 bits per heavy atom. The van der Waals surface area contributed by atoms with Crippen molar-refractivity contribution in [3.63, 3.8) is 0 Å². The van der Waals surface area contributed by atoms with Gasteiger partial charge >= 0.3 is 5.97 Å². The van der Waals surface area contributed by atoms with Gasteiger partial charge in [0.05, 0.1) is 30.3 Å². The summed E-state index contributed by atoms with van der Waals surface area (Å²) < 4.78 is 15.1. The van der Waals surface area contributed by atoms with Crippen LogP contribution in [0.2, 0.25) is 0 Å². The van der Waals surface area contributed by atoms with Crippen LogP contribution in [0.4, 0.5) is 15.9 Å². The number of rotatable bonds is 9. The monoisotopic (exact) mass is 546 g/mol. The summed E-state index contributed by atoms with van der Waals surface area (Å²) in [6.45, 7) is 1.39. The minimum atomic E-state index is -1.38. The second-order valence-corrected chi connectivity index (χ2v) is 9.21. The van der Waals surface area contributed by atoms with Crippen LogP contribution in [-0.4, -0.2) is 51.2 Å². The first kappa shape index (κ1) is 27.9. The molecule has 40 heavy (non-hydrogen) atoms. The minimum Gasteiger partial charge on any atom is -0.480 e. The van der Waals surface area contributed by atoms with Crippen LogP contribution in [0.1, 0.15) is 22.3 Å². The maximum absolute atomic E-state index is 14.0. The second kappa shape index (κ2) is 11.7. The Bertz CT molecular complexity index is 1620. The molecule has 0 saturated carbocycles. The maximum Gasteiger partial charge on any atom is 0.321 e. The zero-order valence-corrected chi connectivity index (χ0v) is 21.5. The molecule has 1 aromatic heterocycles. The van der Waals surface area contributed by atoms with E-state index < -0.39 is 42.6 Å². The van der Waals surface area contributed by atoms with E-state index in [1.165, 1.54) is 6.07 Å². The number of carboxylic acids is 1. The lowest BCUT2D eigenvalue weighted by Gasteiger charge is -2.09. The molecule has 11 nitrogen and oxygen atoms in total. The normalized spacial score (nSPS) is 11.7. The molecule has 4 aromatic rings. The summed E-state index contributed by atoms with van der Waals surface area (Å²) in [6.07, 6.45) is -0.584. The number of aromatic nitrogens is 2. The first-order valence-corrected chi connectivity index (χ1v) is 12.2. The van der Waals surface area contributed by atoms with E-state index in [1.54, 1.807) is 54.6 Å². The molecule has 0 unspecified atom stereocenters. The van der Waals surface area contributed by atoms with Gasteiger partial charge in [-0.25, -0.2) is 4.39 Å². The van der Waals surface area contributed by atoms with Gasteiger partial charge in [-0.1, -0.05) is 42.0 Å². The van der Waals surface area contributed by atoms with E-state index in [2.05, 4.69) is 15.7 Å². The summed E-state index contributed by atoms with van der Waals surface area (Å²) in [6, 6.07) is 15.3. The number of nitrogen functional groups attached to an aromatic ring is 1. The Morgan fingerprint density at radius 1 is 1.05 bits per heavy atom. The van der Waals surface area contributed by atoms with Gasteiger partial charge in [0.25, 0.3) is 5.91 Å². The largest absolute Gasteiger partial charge is 0.480 e. The van der Waals surface area contributed by atoms with Crippen LogP contribution in [-0.2, 0) is 20.8 Å². The van der Waals surface area contributed by atoms with Crippen LogP contribution in [0, 0.1) is 12.7 Å². The predicted molar refractivity (Wildman–Crippen MR) is 147 cm³/mol. The van der Waals surface area contributed by atoms with Crippen molar-refractivity contribution >= 4 is 46.1 Å². The van der Waals surface area contributed by atoms with Gasteiger partial charge in [-0.3, -0.25) is 19.2 Å². The molecule has 3 aromatic carbocycles. The van der Waals surface area contributed by atoms with Gasteiger partial charge in [-0.2, -0.15) is 4.68 Å². The van der Waals surface area contributed by atoms with Crippen molar-refractivity contribution in [1.82, 2.24) is 15.1 Å². The molecule has 1 heterocycles. The Balaban J connectivity index is 1.48. The molecule has 2 amide bonds. The average molecular weight is 547 g/mol. The number of benzene rings is 3. The third kappa shape index (κ3) is 6.30. The maximum atomic E-state index is 14.0. The first-order chi connectivity index (χ1) is 19.0. The lowest BCUT2D eigenvalue weighted by molar-refractivity contribution is -0.140. The van der Waals surface area contributed by atoms with Crippen molar-refractivity contribution in [2.24, 2.45) is 5.73 Å². The van der Waals surface area contributed by atoms with Gasteiger partial charge in [0.2, 0.25) is 11.8 Å². The van der Waals surface area contributed by atoms with Gasteiger partial charge in [-0.05, 0) is 47.9 Å². The van der Waals surface area contributed by atoms with Crippen molar-refractivity contribution in [3.8, 4) is 11.1 Å². The third-order valence-electron chi connectivity index (χ3n) is 6.16. The Kier molecular flexibility index (Phi) is 8.20. The molecule has 206 valence electrons. The quantitative estimate of drug-likeness (QED) is 0.212. The Morgan fingerprint density at radius 3 is 2.48 bits per heavy atom. The molecule has 0 fully saturated rings. The molecule has 7 N–H and O–H groups in total. The first-order valence-electron chi connectivity index (χ1n) is 12.2. The summed E-state index contributed by atoms with van der Waals surface area (Å²) >= 11 is 0. The fourth-order valence-electron chi connectivity index (χ4n) is 4.19. The number of aryl methyl sites for hydroxylation is 1. The summed E-state index contributed by atoms with van der Waals surface area (Å²) in [5, 5.41) is 18.6.